The molecule has 5 aromatic rings. The van der Waals surface area contributed by atoms with E-state index in [1.165, 1.54) is 16.5 Å². The second-order valence-corrected chi connectivity index (χ2v) is 10.2. The number of aromatic nitrogens is 2. The minimum Gasteiger partial charge on any atom is -0.361 e. The Bertz CT molecular complexity index is 1440. The van der Waals surface area contributed by atoms with Gasteiger partial charge in [-0.05, 0) is 60.1 Å². The summed E-state index contributed by atoms with van der Waals surface area (Å²) in [7, 11) is 0. The molecule has 0 saturated heterocycles. The van der Waals surface area contributed by atoms with Crippen molar-refractivity contribution in [2.45, 2.75) is 52.0 Å². The fourth-order valence-corrected chi connectivity index (χ4v) is 5.55. The molecule has 5 rings (SSSR count). The molecule has 0 unspecified atom stereocenters. The molecule has 2 aromatic heterocycles. The van der Waals surface area contributed by atoms with Gasteiger partial charge >= 0.3 is 0 Å². The van der Waals surface area contributed by atoms with E-state index in [4.69, 9.17) is 4.98 Å². The number of thiazole rings is 1. The molecule has 0 aliphatic carbocycles. The van der Waals surface area contributed by atoms with E-state index >= 15 is 0 Å². The van der Waals surface area contributed by atoms with Crippen LogP contribution < -0.4 is 4.90 Å². The van der Waals surface area contributed by atoms with Crippen LogP contribution in [0.25, 0.3) is 21.1 Å². The van der Waals surface area contributed by atoms with Gasteiger partial charge in [-0.1, -0.05) is 79.8 Å². The number of aromatic amines is 1. The van der Waals surface area contributed by atoms with Crippen LogP contribution in [0.2, 0.25) is 0 Å². The Kier molecular flexibility index (Phi) is 6.96. The zero-order chi connectivity index (χ0) is 24.2. The fraction of sp³-hybridized carbons (Fsp3) is 0.267. The second-order valence-electron chi connectivity index (χ2n) is 9.21. The van der Waals surface area contributed by atoms with Crippen molar-refractivity contribution in [3.05, 3.63) is 95.7 Å². The smallest absolute Gasteiger partial charge is 0.229 e. The van der Waals surface area contributed by atoms with Crippen LogP contribution in [-0.4, -0.2) is 15.9 Å². The number of aryl methyl sites for hydroxylation is 1. The quantitative estimate of drug-likeness (QED) is 0.233. The summed E-state index contributed by atoms with van der Waals surface area (Å²) >= 11 is 1.62. The van der Waals surface area contributed by atoms with Gasteiger partial charge in [-0.15, -0.1) is 0 Å². The maximum atomic E-state index is 13.5. The molecule has 4 nitrogen and oxygen atoms in total. The topological polar surface area (TPSA) is 49.0 Å². The standard InChI is InChI=1S/C30H31N3OS/c1-3-21(2)23-16-17-27-28(18-23)35-30(32-27)33(20-22-10-5-4-6-11-22)29(34)15-9-12-24-19-31-26-14-8-7-13-25(24)26/h4-8,10-11,13-14,16-19,21,31H,3,9,12,15,20H2,1-2H3/t21-/m0/s1. The molecule has 0 aliphatic heterocycles. The number of fused-ring (bicyclic) bond motifs is 2. The van der Waals surface area contributed by atoms with Gasteiger partial charge in [-0.2, -0.15) is 0 Å². The van der Waals surface area contributed by atoms with E-state index < -0.39 is 0 Å². The highest BCUT2D eigenvalue weighted by Gasteiger charge is 2.20. The summed E-state index contributed by atoms with van der Waals surface area (Å²) in [5.41, 5.74) is 5.81. The van der Waals surface area contributed by atoms with E-state index in [9.17, 15) is 4.79 Å². The molecule has 1 atom stereocenters. The summed E-state index contributed by atoms with van der Waals surface area (Å²) in [5, 5.41) is 2.02. The van der Waals surface area contributed by atoms with Gasteiger partial charge in [0.1, 0.15) is 0 Å². The number of carbonyl (C=O) groups excluding carboxylic acids is 1. The molecule has 1 amide bonds. The molecule has 0 fully saturated rings. The predicted molar refractivity (Wildman–Crippen MR) is 147 cm³/mol. The fourth-order valence-electron chi connectivity index (χ4n) is 4.52. The minimum absolute atomic E-state index is 0.120. The van der Waals surface area contributed by atoms with Gasteiger partial charge in [-0.25, -0.2) is 4.98 Å². The van der Waals surface area contributed by atoms with E-state index in [1.807, 2.05) is 29.2 Å². The third kappa shape index (κ3) is 5.15. The third-order valence-electron chi connectivity index (χ3n) is 6.81. The summed E-state index contributed by atoms with van der Waals surface area (Å²) in [6.45, 7) is 5.00. The predicted octanol–water partition coefficient (Wildman–Crippen LogP) is 7.85. The zero-order valence-corrected chi connectivity index (χ0v) is 21.1. The second kappa shape index (κ2) is 10.4. The van der Waals surface area contributed by atoms with Gasteiger partial charge in [0.2, 0.25) is 5.91 Å². The van der Waals surface area contributed by atoms with Crippen LogP contribution in [0.1, 0.15) is 55.7 Å². The maximum Gasteiger partial charge on any atom is 0.229 e. The number of nitrogens with zero attached hydrogens (tertiary/aromatic N) is 2. The van der Waals surface area contributed by atoms with Crippen molar-refractivity contribution in [3.8, 4) is 0 Å². The van der Waals surface area contributed by atoms with Crippen molar-refractivity contribution >= 4 is 43.5 Å². The number of nitrogens with one attached hydrogen (secondary N) is 1. The summed E-state index contributed by atoms with van der Waals surface area (Å²) in [4.78, 5) is 23.6. The van der Waals surface area contributed by atoms with Crippen molar-refractivity contribution in [2.75, 3.05) is 4.90 Å². The molecule has 178 valence electrons. The molecule has 0 bridgehead atoms. The van der Waals surface area contributed by atoms with Gasteiger partial charge in [0.05, 0.1) is 16.8 Å². The van der Waals surface area contributed by atoms with Crippen LogP contribution in [-0.2, 0) is 17.8 Å². The number of para-hydroxylation sites is 1. The molecule has 0 radical (unpaired) electrons. The SMILES string of the molecule is CC[C@H](C)c1ccc2nc(N(Cc3ccccc3)C(=O)CCCc3c[nH]c4ccccc34)sc2c1. The highest BCUT2D eigenvalue weighted by molar-refractivity contribution is 7.22. The number of amides is 1. The van der Waals surface area contributed by atoms with Gasteiger partial charge in [0, 0.05) is 23.5 Å². The normalized spacial score (nSPS) is 12.3. The minimum atomic E-state index is 0.120. The summed E-state index contributed by atoms with van der Waals surface area (Å²) in [6.07, 6.45) is 5.33. The molecule has 0 saturated carbocycles. The third-order valence-corrected chi connectivity index (χ3v) is 7.85. The van der Waals surface area contributed by atoms with Gasteiger partial charge in [0.15, 0.2) is 5.13 Å². The Morgan fingerprint density at radius 3 is 2.69 bits per heavy atom. The highest BCUT2D eigenvalue weighted by atomic mass is 32.1. The molecule has 0 spiro atoms. The van der Waals surface area contributed by atoms with Crippen LogP contribution in [0.4, 0.5) is 5.13 Å². The molecule has 1 N–H and O–H groups in total. The van der Waals surface area contributed by atoms with Crippen LogP contribution in [0.5, 0.6) is 0 Å². The van der Waals surface area contributed by atoms with Crippen molar-refractivity contribution in [1.29, 1.82) is 0 Å². The highest BCUT2D eigenvalue weighted by Crippen LogP contribution is 2.33. The van der Waals surface area contributed by atoms with E-state index in [1.54, 1.807) is 11.3 Å². The summed E-state index contributed by atoms with van der Waals surface area (Å²) < 4.78 is 1.14. The van der Waals surface area contributed by atoms with E-state index in [2.05, 4.69) is 73.6 Å². The number of benzene rings is 3. The first-order valence-corrected chi connectivity index (χ1v) is 13.2. The van der Waals surface area contributed by atoms with Crippen molar-refractivity contribution in [2.24, 2.45) is 0 Å². The van der Waals surface area contributed by atoms with Gasteiger partial charge in [0.25, 0.3) is 0 Å². The molecule has 3 aromatic carbocycles. The first-order chi connectivity index (χ1) is 17.1. The monoisotopic (exact) mass is 481 g/mol. The lowest BCUT2D eigenvalue weighted by molar-refractivity contribution is -0.118. The summed E-state index contributed by atoms with van der Waals surface area (Å²) in [6, 6.07) is 25.0. The lowest BCUT2D eigenvalue weighted by Crippen LogP contribution is -2.30. The van der Waals surface area contributed by atoms with Gasteiger partial charge in [-0.3, -0.25) is 9.69 Å². The average molecular weight is 482 g/mol. The zero-order valence-electron chi connectivity index (χ0n) is 20.3. The lowest BCUT2D eigenvalue weighted by Gasteiger charge is -2.20. The Morgan fingerprint density at radius 1 is 1.06 bits per heavy atom. The Labute approximate surface area is 210 Å². The Hall–Kier alpha value is -3.44. The van der Waals surface area contributed by atoms with Crippen molar-refractivity contribution in [3.63, 3.8) is 0 Å². The Morgan fingerprint density at radius 2 is 1.86 bits per heavy atom. The first-order valence-electron chi connectivity index (χ1n) is 12.4. The van der Waals surface area contributed by atoms with Crippen LogP contribution >= 0.6 is 11.3 Å². The largest absolute Gasteiger partial charge is 0.361 e. The molecule has 5 heteroatoms. The molecule has 0 aliphatic rings. The van der Waals surface area contributed by atoms with E-state index in [0.29, 0.717) is 18.9 Å². The summed E-state index contributed by atoms with van der Waals surface area (Å²) in [5.74, 6) is 0.631. The van der Waals surface area contributed by atoms with Crippen LogP contribution in [0.3, 0.4) is 0 Å². The number of hydrogen-bond acceptors (Lipinski definition) is 3. The molecular weight excluding hydrogens is 450 g/mol. The maximum absolute atomic E-state index is 13.5. The number of H-pyrrole nitrogens is 1. The number of anilines is 1. The van der Waals surface area contributed by atoms with Crippen molar-refractivity contribution in [1.82, 2.24) is 9.97 Å². The van der Waals surface area contributed by atoms with E-state index in [0.717, 1.165) is 45.7 Å². The number of rotatable bonds is 9. The Balaban J connectivity index is 1.37. The van der Waals surface area contributed by atoms with E-state index in [-0.39, 0.29) is 5.91 Å². The number of hydrogen-bond donors (Lipinski definition) is 1. The molecule has 2 heterocycles. The first kappa shape index (κ1) is 23.3. The average Bonchev–Trinajstić information content (AvgIpc) is 3.51. The molecule has 35 heavy (non-hydrogen) atoms. The van der Waals surface area contributed by atoms with Crippen LogP contribution in [0.15, 0.2) is 79.0 Å². The lowest BCUT2D eigenvalue weighted by atomic mass is 9.99. The number of carbonyl (C=O) groups is 1. The van der Waals surface area contributed by atoms with Crippen molar-refractivity contribution < 1.29 is 4.79 Å². The van der Waals surface area contributed by atoms with Gasteiger partial charge < -0.3 is 4.98 Å². The van der Waals surface area contributed by atoms with Crippen LogP contribution in [0, 0.1) is 0 Å². The molecular formula is C30H31N3OS.